The summed E-state index contributed by atoms with van der Waals surface area (Å²) in [4.78, 5) is 101. The topological polar surface area (TPSA) is 155 Å². The summed E-state index contributed by atoms with van der Waals surface area (Å²) in [5.74, 6) is -6.64. The van der Waals surface area contributed by atoms with Crippen LogP contribution in [0.1, 0.15) is 20.7 Å². The molecule has 2 aromatic carbocycles. The maximum absolute atomic E-state index is 13.3. The van der Waals surface area contributed by atoms with Crippen LogP contribution in [-0.2, 0) is 28.8 Å². The molecule has 5 rings (SSSR count). The van der Waals surface area contributed by atoms with Crippen LogP contribution in [-0.4, -0.2) is 47.0 Å². The van der Waals surface area contributed by atoms with E-state index in [4.69, 9.17) is 0 Å². The molecule has 11 nitrogen and oxygen atoms in total. The van der Waals surface area contributed by atoms with Crippen molar-refractivity contribution < 1.29 is 38.4 Å². The minimum Gasteiger partial charge on any atom is -0.288 e. The predicted molar refractivity (Wildman–Crippen MR) is 125 cm³/mol. The standard InChI is InChI=1S/C26H13N3O8/c30-17-7-8-18(31)28(17)15-5-1-3-13(11-15)23(34)21-22(26(37)27-25(21)36)24(35)14-4-2-6-16(12-14)29-19(32)9-10-20(29)33/h1-12H,(H,27,36,37). The molecule has 3 heterocycles. The Hall–Kier alpha value is -5.58. The summed E-state index contributed by atoms with van der Waals surface area (Å²) in [6, 6.07) is 10.5. The summed E-state index contributed by atoms with van der Waals surface area (Å²) in [6.45, 7) is 0. The molecule has 0 saturated heterocycles. The lowest BCUT2D eigenvalue weighted by Gasteiger charge is -2.15. The van der Waals surface area contributed by atoms with Gasteiger partial charge in [-0.15, -0.1) is 0 Å². The van der Waals surface area contributed by atoms with Gasteiger partial charge in [-0.3, -0.25) is 43.7 Å². The lowest BCUT2D eigenvalue weighted by atomic mass is 9.94. The first-order valence-corrected chi connectivity index (χ1v) is 10.7. The van der Waals surface area contributed by atoms with Crippen LogP contribution in [0.15, 0.2) is 84.0 Å². The van der Waals surface area contributed by atoms with E-state index in [1.54, 1.807) is 0 Å². The number of imide groups is 3. The highest BCUT2D eigenvalue weighted by atomic mass is 16.2. The average molecular weight is 495 g/mol. The number of hydrogen-bond donors (Lipinski definition) is 1. The largest absolute Gasteiger partial charge is 0.288 e. The first kappa shape index (κ1) is 23.2. The minimum absolute atomic E-state index is 0.0605. The molecule has 0 saturated carbocycles. The van der Waals surface area contributed by atoms with Gasteiger partial charge in [0.2, 0.25) is 0 Å². The van der Waals surface area contributed by atoms with Crippen LogP contribution in [0.5, 0.6) is 0 Å². The fourth-order valence-electron chi connectivity index (χ4n) is 4.06. The lowest BCUT2D eigenvalue weighted by Crippen LogP contribution is -2.29. The van der Waals surface area contributed by atoms with Crippen molar-refractivity contribution in [3.63, 3.8) is 0 Å². The number of anilines is 2. The second kappa shape index (κ2) is 8.57. The Kier molecular flexibility index (Phi) is 5.37. The summed E-state index contributed by atoms with van der Waals surface area (Å²) >= 11 is 0. The highest BCUT2D eigenvalue weighted by Crippen LogP contribution is 2.27. The van der Waals surface area contributed by atoms with Crippen LogP contribution >= 0.6 is 0 Å². The number of Topliss-reactive ketones (excluding diaryl/α,β-unsaturated/α-hetero) is 2. The van der Waals surface area contributed by atoms with Crippen LogP contribution in [0.25, 0.3) is 0 Å². The van der Waals surface area contributed by atoms with Gasteiger partial charge < -0.3 is 0 Å². The summed E-state index contributed by atoms with van der Waals surface area (Å²) in [6.07, 6.45) is 4.25. The third kappa shape index (κ3) is 3.80. The lowest BCUT2D eigenvalue weighted by molar-refractivity contribution is -0.124. The van der Waals surface area contributed by atoms with E-state index >= 15 is 0 Å². The van der Waals surface area contributed by atoms with Gasteiger partial charge in [0.1, 0.15) is 11.1 Å². The monoisotopic (exact) mass is 495 g/mol. The quantitative estimate of drug-likeness (QED) is 0.346. The molecule has 37 heavy (non-hydrogen) atoms. The maximum Gasteiger partial charge on any atom is 0.263 e. The summed E-state index contributed by atoms with van der Waals surface area (Å²) in [7, 11) is 0. The van der Waals surface area contributed by atoms with Crippen LogP contribution < -0.4 is 15.1 Å². The van der Waals surface area contributed by atoms with Crippen LogP contribution in [0, 0.1) is 0 Å². The molecule has 0 bridgehead atoms. The number of carbonyl (C=O) groups is 8. The molecular formula is C26H13N3O8. The number of ketones is 2. The highest BCUT2D eigenvalue weighted by molar-refractivity contribution is 6.44. The fraction of sp³-hybridized carbons (Fsp3) is 0. The third-order valence-electron chi connectivity index (χ3n) is 5.74. The van der Waals surface area contributed by atoms with Crippen molar-refractivity contribution in [1.82, 2.24) is 5.32 Å². The molecule has 3 aliphatic rings. The minimum atomic E-state index is -1.09. The van der Waals surface area contributed by atoms with E-state index in [-0.39, 0.29) is 22.5 Å². The van der Waals surface area contributed by atoms with Crippen LogP contribution in [0.4, 0.5) is 11.4 Å². The number of hydrogen-bond acceptors (Lipinski definition) is 8. The van der Waals surface area contributed by atoms with E-state index in [1.165, 1.54) is 48.5 Å². The number of carbonyl (C=O) groups excluding carboxylic acids is 8. The zero-order chi connectivity index (χ0) is 26.4. The Morgan fingerprint density at radius 3 is 1.24 bits per heavy atom. The summed E-state index contributed by atoms with van der Waals surface area (Å²) in [5.41, 5.74) is -1.61. The molecule has 3 aliphatic heterocycles. The number of nitrogens with one attached hydrogen (secondary N) is 1. The van der Waals surface area contributed by atoms with Gasteiger partial charge in [0, 0.05) is 35.4 Å². The molecule has 1 N–H and O–H groups in total. The Morgan fingerprint density at radius 2 is 0.892 bits per heavy atom. The molecule has 180 valence electrons. The van der Waals surface area contributed by atoms with Crippen LogP contribution in [0.2, 0.25) is 0 Å². The summed E-state index contributed by atoms with van der Waals surface area (Å²) in [5, 5.41) is 1.94. The van der Waals surface area contributed by atoms with Crippen molar-refractivity contribution >= 4 is 58.4 Å². The molecule has 2 aromatic rings. The Bertz CT molecular complexity index is 1460. The van der Waals surface area contributed by atoms with Gasteiger partial charge in [0.15, 0.2) is 11.6 Å². The van der Waals surface area contributed by atoms with Gasteiger partial charge in [0.25, 0.3) is 35.4 Å². The SMILES string of the molecule is O=C1NC(=O)C(C(=O)c2cccc(N3C(=O)C=CC3=O)c2)=C1C(=O)c1cccc(N2C(=O)C=CC2=O)c1. The molecule has 0 atom stereocenters. The predicted octanol–water partition coefficient (Wildman–Crippen LogP) is 0.564. The van der Waals surface area contributed by atoms with Crippen molar-refractivity contribution in [3.8, 4) is 0 Å². The van der Waals surface area contributed by atoms with Crippen molar-refractivity contribution in [2.24, 2.45) is 0 Å². The van der Waals surface area contributed by atoms with Crippen LogP contribution in [0.3, 0.4) is 0 Å². The number of amides is 6. The molecule has 0 aliphatic carbocycles. The van der Waals surface area contributed by atoms with Gasteiger partial charge in [0.05, 0.1) is 11.4 Å². The molecular weight excluding hydrogens is 482 g/mol. The van der Waals surface area contributed by atoms with Crippen molar-refractivity contribution in [2.45, 2.75) is 0 Å². The number of benzene rings is 2. The maximum atomic E-state index is 13.3. The smallest absolute Gasteiger partial charge is 0.263 e. The van der Waals surface area contributed by atoms with Gasteiger partial charge in [-0.1, -0.05) is 24.3 Å². The fourth-order valence-corrected chi connectivity index (χ4v) is 4.06. The van der Waals surface area contributed by atoms with Gasteiger partial charge in [-0.05, 0) is 24.3 Å². The number of rotatable bonds is 6. The third-order valence-corrected chi connectivity index (χ3v) is 5.74. The van der Waals surface area contributed by atoms with Gasteiger partial charge in [-0.25, -0.2) is 9.80 Å². The van der Waals surface area contributed by atoms with E-state index in [0.29, 0.717) is 0 Å². The first-order chi connectivity index (χ1) is 17.7. The molecule has 0 unspecified atom stereocenters. The Morgan fingerprint density at radius 1 is 0.541 bits per heavy atom. The molecule has 0 spiro atoms. The van der Waals surface area contributed by atoms with Crippen molar-refractivity contribution in [1.29, 1.82) is 0 Å². The molecule has 0 aromatic heterocycles. The first-order valence-electron chi connectivity index (χ1n) is 10.7. The molecule has 6 amide bonds. The van der Waals surface area contributed by atoms with E-state index in [1.807, 2.05) is 5.32 Å². The van der Waals surface area contributed by atoms with E-state index in [9.17, 15) is 38.4 Å². The Balaban J connectivity index is 1.53. The second-order valence-electron chi connectivity index (χ2n) is 7.98. The van der Waals surface area contributed by atoms with Crippen molar-refractivity contribution in [3.05, 3.63) is 95.1 Å². The average Bonchev–Trinajstić information content (AvgIpc) is 3.50. The van der Waals surface area contributed by atoms with E-state index < -0.39 is 58.2 Å². The molecule has 0 radical (unpaired) electrons. The van der Waals surface area contributed by atoms with E-state index in [2.05, 4.69) is 0 Å². The summed E-state index contributed by atoms with van der Waals surface area (Å²) < 4.78 is 0. The zero-order valence-corrected chi connectivity index (χ0v) is 18.6. The number of nitrogens with zero attached hydrogens (tertiary/aromatic N) is 2. The normalized spacial score (nSPS) is 17.0. The zero-order valence-electron chi connectivity index (χ0n) is 18.6. The highest BCUT2D eigenvalue weighted by Gasteiger charge is 2.40. The van der Waals surface area contributed by atoms with E-state index in [0.717, 1.165) is 34.1 Å². The Labute approximate surface area is 207 Å². The van der Waals surface area contributed by atoms with Gasteiger partial charge in [-0.2, -0.15) is 0 Å². The van der Waals surface area contributed by atoms with Crippen molar-refractivity contribution in [2.75, 3.05) is 9.80 Å². The molecule has 0 fully saturated rings. The molecule has 11 heteroatoms. The second-order valence-corrected chi connectivity index (χ2v) is 7.98. The van der Waals surface area contributed by atoms with Gasteiger partial charge >= 0.3 is 0 Å².